The summed E-state index contributed by atoms with van der Waals surface area (Å²) < 4.78 is 12.7. The van der Waals surface area contributed by atoms with Crippen molar-refractivity contribution in [2.45, 2.75) is 26.3 Å². The number of aryl methyl sites for hydroxylation is 1. The van der Waals surface area contributed by atoms with E-state index < -0.39 is 0 Å². The van der Waals surface area contributed by atoms with Crippen LogP contribution in [0, 0.1) is 12.7 Å². The Kier molecular flexibility index (Phi) is 3.42. The number of halogens is 1. The summed E-state index contributed by atoms with van der Waals surface area (Å²) >= 11 is 0. The number of hydrogen-bond acceptors (Lipinski definition) is 2. The largest absolute Gasteiger partial charge is 0.353 e. The summed E-state index contributed by atoms with van der Waals surface area (Å²) in [6.45, 7) is 4.03. The average Bonchev–Trinajstić information content (AvgIpc) is 2.67. The Morgan fingerprint density at radius 3 is 2.65 bits per heavy atom. The molecule has 0 amide bonds. The van der Waals surface area contributed by atoms with Crippen LogP contribution in [0.15, 0.2) is 30.5 Å². The highest BCUT2D eigenvalue weighted by molar-refractivity contribution is 5.28. The van der Waals surface area contributed by atoms with Gasteiger partial charge in [0.15, 0.2) is 0 Å². The van der Waals surface area contributed by atoms with Crippen LogP contribution in [0.1, 0.15) is 18.2 Å². The second kappa shape index (κ2) is 4.99. The lowest BCUT2D eigenvalue weighted by Gasteiger charge is -2.12. The van der Waals surface area contributed by atoms with Crippen molar-refractivity contribution in [1.29, 1.82) is 0 Å². The molecule has 0 spiro atoms. The molecule has 0 saturated heterocycles. The van der Waals surface area contributed by atoms with Crippen LogP contribution in [-0.4, -0.2) is 16.0 Å². The van der Waals surface area contributed by atoms with Crippen molar-refractivity contribution in [1.82, 2.24) is 9.97 Å². The predicted molar refractivity (Wildman–Crippen MR) is 66.5 cm³/mol. The summed E-state index contributed by atoms with van der Waals surface area (Å²) in [7, 11) is 0. The maximum absolute atomic E-state index is 12.7. The molecule has 1 aromatic heterocycles. The van der Waals surface area contributed by atoms with Crippen LogP contribution >= 0.6 is 0 Å². The molecule has 4 heteroatoms. The first kappa shape index (κ1) is 11.6. The summed E-state index contributed by atoms with van der Waals surface area (Å²) in [6, 6.07) is 6.82. The van der Waals surface area contributed by atoms with E-state index in [-0.39, 0.29) is 11.9 Å². The second-order valence-corrected chi connectivity index (χ2v) is 4.29. The van der Waals surface area contributed by atoms with E-state index in [9.17, 15) is 4.39 Å². The van der Waals surface area contributed by atoms with Gasteiger partial charge in [0, 0.05) is 17.9 Å². The number of aromatic amines is 1. The first-order valence-electron chi connectivity index (χ1n) is 5.66. The fourth-order valence-corrected chi connectivity index (χ4v) is 1.74. The molecular weight excluding hydrogens is 217 g/mol. The van der Waals surface area contributed by atoms with Crippen molar-refractivity contribution in [2.75, 3.05) is 5.32 Å². The number of hydrogen-bond donors (Lipinski definition) is 2. The smallest absolute Gasteiger partial charge is 0.200 e. The molecule has 1 atom stereocenters. The summed E-state index contributed by atoms with van der Waals surface area (Å²) in [4.78, 5) is 7.30. The maximum Gasteiger partial charge on any atom is 0.200 e. The minimum absolute atomic E-state index is 0.198. The fourth-order valence-electron chi connectivity index (χ4n) is 1.74. The van der Waals surface area contributed by atoms with Crippen molar-refractivity contribution in [3.63, 3.8) is 0 Å². The number of rotatable bonds is 4. The summed E-state index contributed by atoms with van der Waals surface area (Å²) in [5.41, 5.74) is 2.14. The van der Waals surface area contributed by atoms with Crippen molar-refractivity contribution < 1.29 is 4.39 Å². The molecule has 1 aromatic carbocycles. The van der Waals surface area contributed by atoms with Crippen LogP contribution in [0.4, 0.5) is 10.3 Å². The SMILES string of the molecule is Cc1cnc(NC(C)Cc2ccc(F)cc2)[nH]1. The monoisotopic (exact) mass is 233 g/mol. The van der Waals surface area contributed by atoms with Crippen LogP contribution in [0.3, 0.4) is 0 Å². The Morgan fingerprint density at radius 2 is 2.06 bits per heavy atom. The van der Waals surface area contributed by atoms with Gasteiger partial charge in [0.25, 0.3) is 0 Å². The molecule has 0 bridgehead atoms. The molecule has 0 aliphatic carbocycles. The van der Waals surface area contributed by atoms with E-state index in [4.69, 9.17) is 0 Å². The first-order chi connectivity index (χ1) is 8.13. The lowest BCUT2D eigenvalue weighted by Crippen LogP contribution is -2.18. The highest BCUT2D eigenvalue weighted by Gasteiger charge is 2.05. The van der Waals surface area contributed by atoms with Crippen LogP contribution in [0.5, 0.6) is 0 Å². The van der Waals surface area contributed by atoms with E-state index in [1.165, 1.54) is 12.1 Å². The van der Waals surface area contributed by atoms with E-state index >= 15 is 0 Å². The molecule has 2 N–H and O–H groups in total. The van der Waals surface area contributed by atoms with Crippen molar-refractivity contribution in [2.24, 2.45) is 0 Å². The van der Waals surface area contributed by atoms with E-state index in [1.54, 1.807) is 18.3 Å². The molecule has 0 saturated carbocycles. The van der Waals surface area contributed by atoms with Crippen LogP contribution in [0.2, 0.25) is 0 Å². The Morgan fingerprint density at radius 1 is 1.35 bits per heavy atom. The summed E-state index contributed by atoms with van der Waals surface area (Å²) in [6.07, 6.45) is 2.62. The van der Waals surface area contributed by atoms with Gasteiger partial charge in [-0.05, 0) is 38.0 Å². The Labute approximate surface area is 100 Å². The zero-order chi connectivity index (χ0) is 12.3. The number of nitrogens with zero attached hydrogens (tertiary/aromatic N) is 1. The highest BCUT2D eigenvalue weighted by Crippen LogP contribution is 2.09. The number of imidazole rings is 1. The van der Waals surface area contributed by atoms with E-state index in [1.807, 2.05) is 6.92 Å². The van der Waals surface area contributed by atoms with Gasteiger partial charge in [-0.1, -0.05) is 12.1 Å². The fraction of sp³-hybridized carbons (Fsp3) is 0.308. The number of anilines is 1. The molecule has 2 rings (SSSR count). The average molecular weight is 233 g/mol. The molecule has 0 fully saturated rings. The molecule has 1 heterocycles. The standard InChI is InChI=1S/C13H16FN3/c1-9(16-13-15-8-10(2)17-13)7-11-3-5-12(14)6-4-11/h3-6,8-9H,7H2,1-2H3,(H2,15,16,17). The van der Waals surface area contributed by atoms with E-state index in [0.29, 0.717) is 0 Å². The van der Waals surface area contributed by atoms with Crippen LogP contribution < -0.4 is 5.32 Å². The van der Waals surface area contributed by atoms with Crippen LogP contribution in [-0.2, 0) is 6.42 Å². The third kappa shape index (κ3) is 3.31. The molecule has 3 nitrogen and oxygen atoms in total. The van der Waals surface area contributed by atoms with Crippen molar-refractivity contribution >= 4 is 5.95 Å². The quantitative estimate of drug-likeness (QED) is 0.852. The molecule has 17 heavy (non-hydrogen) atoms. The highest BCUT2D eigenvalue weighted by atomic mass is 19.1. The summed E-state index contributed by atoms with van der Waals surface area (Å²) in [5.74, 6) is 0.577. The molecule has 0 radical (unpaired) electrons. The molecule has 2 aromatic rings. The third-order valence-corrected chi connectivity index (χ3v) is 2.54. The van der Waals surface area contributed by atoms with Crippen molar-refractivity contribution in [3.05, 3.63) is 47.5 Å². The lowest BCUT2D eigenvalue weighted by molar-refractivity contribution is 0.626. The minimum atomic E-state index is -0.198. The minimum Gasteiger partial charge on any atom is -0.353 e. The van der Waals surface area contributed by atoms with Gasteiger partial charge in [-0.15, -0.1) is 0 Å². The third-order valence-electron chi connectivity index (χ3n) is 2.54. The maximum atomic E-state index is 12.7. The van der Waals surface area contributed by atoms with E-state index in [2.05, 4.69) is 22.2 Å². The Bertz CT molecular complexity index is 476. The van der Waals surface area contributed by atoms with Gasteiger partial charge in [-0.25, -0.2) is 9.37 Å². The van der Waals surface area contributed by atoms with Gasteiger partial charge in [0.2, 0.25) is 5.95 Å². The molecule has 1 unspecified atom stereocenters. The molecule has 0 aliphatic rings. The number of nitrogens with one attached hydrogen (secondary N) is 2. The summed E-state index contributed by atoms with van der Waals surface area (Å²) in [5, 5.41) is 3.27. The van der Waals surface area contributed by atoms with Gasteiger partial charge < -0.3 is 10.3 Å². The number of aromatic nitrogens is 2. The lowest BCUT2D eigenvalue weighted by atomic mass is 10.1. The predicted octanol–water partition coefficient (Wildman–Crippen LogP) is 2.90. The van der Waals surface area contributed by atoms with E-state index in [0.717, 1.165) is 23.6 Å². The molecular formula is C13H16FN3. The first-order valence-corrected chi connectivity index (χ1v) is 5.66. The number of benzene rings is 1. The zero-order valence-electron chi connectivity index (χ0n) is 10.00. The van der Waals surface area contributed by atoms with Crippen molar-refractivity contribution in [3.8, 4) is 0 Å². The van der Waals surface area contributed by atoms with Gasteiger partial charge >= 0.3 is 0 Å². The second-order valence-electron chi connectivity index (χ2n) is 4.29. The van der Waals surface area contributed by atoms with Gasteiger partial charge in [-0.3, -0.25) is 0 Å². The normalized spacial score (nSPS) is 12.4. The number of H-pyrrole nitrogens is 1. The van der Waals surface area contributed by atoms with Crippen LogP contribution in [0.25, 0.3) is 0 Å². The van der Waals surface area contributed by atoms with Gasteiger partial charge in [0.1, 0.15) is 5.82 Å². The molecule has 0 aliphatic heterocycles. The van der Waals surface area contributed by atoms with Gasteiger partial charge in [0.05, 0.1) is 0 Å². The topological polar surface area (TPSA) is 40.7 Å². The Hall–Kier alpha value is -1.84. The zero-order valence-corrected chi connectivity index (χ0v) is 10.00. The van der Waals surface area contributed by atoms with Gasteiger partial charge in [-0.2, -0.15) is 0 Å². The molecule has 90 valence electrons. The Balaban J connectivity index is 1.93.